The number of ether oxygens (including phenoxy) is 1. The zero-order chi connectivity index (χ0) is 12.7. The van der Waals surface area contributed by atoms with Crippen LogP contribution in [-0.2, 0) is 4.79 Å². The third-order valence-electron chi connectivity index (χ3n) is 2.52. The predicted molar refractivity (Wildman–Crippen MR) is 67.8 cm³/mol. The maximum atomic E-state index is 10.6. The van der Waals surface area contributed by atoms with Gasteiger partial charge >= 0.3 is 0 Å². The van der Waals surface area contributed by atoms with Crippen LogP contribution < -0.4 is 15.8 Å². The van der Waals surface area contributed by atoms with Crippen molar-refractivity contribution in [1.29, 1.82) is 0 Å². The molecule has 0 aliphatic heterocycles. The van der Waals surface area contributed by atoms with Crippen LogP contribution in [0.1, 0.15) is 31.9 Å². The first-order chi connectivity index (χ1) is 8.17. The van der Waals surface area contributed by atoms with Crippen LogP contribution in [0.15, 0.2) is 24.3 Å². The lowest BCUT2D eigenvalue weighted by molar-refractivity contribution is -0.119. The fourth-order valence-electron chi connectivity index (χ4n) is 1.70. The summed E-state index contributed by atoms with van der Waals surface area (Å²) in [6.45, 7) is 5.10. The molecular weight excluding hydrogens is 216 g/mol. The summed E-state index contributed by atoms with van der Waals surface area (Å²) < 4.78 is 5.20. The first-order valence-corrected chi connectivity index (χ1v) is 5.91. The Morgan fingerprint density at radius 2 is 2.00 bits per heavy atom. The third kappa shape index (κ3) is 4.44. The fourth-order valence-corrected chi connectivity index (χ4v) is 1.70. The minimum atomic E-state index is -0.465. The van der Waals surface area contributed by atoms with E-state index in [2.05, 4.69) is 19.2 Å². The maximum absolute atomic E-state index is 10.6. The lowest BCUT2D eigenvalue weighted by Crippen LogP contribution is -2.20. The van der Waals surface area contributed by atoms with Gasteiger partial charge in [0, 0.05) is 6.04 Å². The van der Waals surface area contributed by atoms with Crippen molar-refractivity contribution in [1.82, 2.24) is 5.32 Å². The average molecular weight is 236 g/mol. The van der Waals surface area contributed by atoms with Gasteiger partial charge in [0.25, 0.3) is 5.91 Å². The number of primary amides is 1. The largest absolute Gasteiger partial charge is 0.484 e. The molecule has 4 heteroatoms. The minimum absolute atomic E-state index is 0.0796. The Morgan fingerprint density at radius 1 is 1.35 bits per heavy atom. The van der Waals surface area contributed by atoms with Gasteiger partial charge < -0.3 is 15.8 Å². The van der Waals surface area contributed by atoms with Crippen molar-refractivity contribution in [2.75, 3.05) is 13.2 Å². The number of benzene rings is 1. The van der Waals surface area contributed by atoms with Gasteiger partial charge in [-0.2, -0.15) is 0 Å². The summed E-state index contributed by atoms with van der Waals surface area (Å²) in [4.78, 5) is 10.6. The van der Waals surface area contributed by atoms with Crippen molar-refractivity contribution in [3.05, 3.63) is 29.8 Å². The molecule has 17 heavy (non-hydrogen) atoms. The van der Waals surface area contributed by atoms with Crippen LogP contribution in [0.2, 0.25) is 0 Å². The number of amides is 1. The lowest BCUT2D eigenvalue weighted by Gasteiger charge is -2.16. The van der Waals surface area contributed by atoms with Gasteiger partial charge in [0.15, 0.2) is 6.61 Å². The zero-order valence-corrected chi connectivity index (χ0v) is 10.4. The summed E-state index contributed by atoms with van der Waals surface area (Å²) in [6, 6.07) is 8.10. The van der Waals surface area contributed by atoms with Crippen molar-refractivity contribution in [3.8, 4) is 5.75 Å². The third-order valence-corrected chi connectivity index (χ3v) is 2.52. The molecule has 0 saturated heterocycles. The van der Waals surface area contributed by atoms with E-state index in [0.29, 0.717) is 11.8 Å². The zero-order valence-electron chi connectivity index (χ0n) is 10.4. The first-order valence-electron chi connectivity index (χ1n) is 5.91. The number of carbonyl (C=O) groups excluding carboxylic acids is 1. The normalized spacial score (nSPS) is 12.1. The van der Waals surface area contributed by atoms with E-state index < -0.39 is 5.91 Å². The highest BCUT2D eigenvalue weighted by molar-refractivity contribution is 5.75. The van der Waals surface area contributed by atoms with E-state index in [0.717, 1.165) is 13.0 Å². The molecule has 0 radical (unpaired) electrons. The molecule has 94 valence electrons. The molecule has 0 spiro atoms. The Morgan fingerprint density at radius 3 is 2.47 bits per heavy atom. The maximum Gasteiger partial charge on any atom is 0.255 e. The highest BCUT2D eigenvalue weighted by Gasteiger charge is 2.07. The van der Waals surface area contributed by atoms with Gasteiger partial charge in [-0.1, -0.05) is 26.0 Å². The smallest absolute Gasteiger partial charge is 0.255 e. The molecule has 0 heterocycles. The van der Waals surface area contributed by atoms with Gasteiger partial charge in [-0.3, -0.25) is 4.79 Å². The van der Waals surface area contributed by atoms with Gasteiger partial charge in [-0.25, -0.2) is 0 Å². The minimum Gasteiger partial charge on any atom is -0.484 e. The van der Waals surface area contributed by atoms with E-state index in [9.17, 15) is 4.79 Å². The highest BCUT2D eigenvalue weighted by Crippen LogP contribution is 2.19. The molecule has 0 aliphatic carbocycles. The number of hydrogen-bond donors (Lipinski definition) is 2. The number of nitrogens with one attached hydrogen (secondary N) is 1. The molecule has 0 bridgehead atoms. The molecule has 0 saturated carbocycles. The summed E-state index contributed by atoms with van der Waals surface area (Å²) in [5, 5.41) is 3.40. The molecule has 1 atom stereocenters. The summed E-state index contributed by atoms with van der Waals surface area (Å²) in [6.07, 6.45) is 1.04. The van der Waals surface area contributed by atoms with E-state index in [-0.39, 0.29) is 6.61 Å². The topological polar surface area (TPSA) is 64.3 Å². The Hall–Kier alpha value is -1.55. The first kappa shape index (κ1) is 13.5. The molecule has 1 unspecified atom stereocenters. The van der Waals surface area contributed by atoms with Gasteiger partial charge in [0.1, 0.15) is 5.75 Å². The Labute approximate surface area is 102 Å². The van der Waals surface area contributed by atoms with Gasteiger partial charge in [0.2, 0.25) is 0 Å². The Balaban J connectivity index is 2.62. The van der Waals surface area contributed by atoms with E-state index in [1.54, 1.807) is 0 Å². The second-order valence-corrected chi connectivity index (χ2v) is 3.84. The predicted octanol–water partition coefficient (Wildman–Crippen LogP) is 1.61. The molecule has 1 rings (SSSR count). The molecule has 3 N–H and O–H groups in total. The number of hydrogen-bond acceptors (Lipinski definition) is 3. The van der Waals surface area contributed by atoms with Crippen molar-refractivity contribution in [3.63, 3.8) is 0 Å². The lowest BCUT2D eigenvalue weighted by atomic mass is 10.0. The van der Waals surface area contributed by atoms with E-state index in [1.165, 1.54) is 5.56 Å². The van der Waals surface area contributed by atoms with Gasteiger partial charge in [-0.15, -0.1) is 0 Å². The SMILES string of the molecule is CCNC(CC)c1ccc(OCC(N)=O)cc1. The molecule has 0 aliphatic rings. The fraction of sp³-hybridized carbons (Fsp3) is 0.462. The standard InChI is InChI=1S/C13H20N2O2/c1-3-12(15-4-2)10-5-7-11(8-6-10)17-9-13(14)16/h5-8,12,15H,3-4,9H2,1-2H3,(H2,14,16). The van der Waals surface area contributed by atoms with Crippen LogP contribution in [0, 0.1) is 0 Å². The van der Waals surface area contributed by atoms with E-state index in [1.807, 2.05) is 24.3 Å². The van der Waals surface area contributed by atoms with Crippen LogP contribution in [0.5, 0.6) is 5.75 Å². The summed E-state index contributed by atoms with van der Waals surface area (Å²) in [5.74, 6) is 0.201. The number of rotatable bonds is 7. The molecular formula is C13H20N2O2. The molecule has 1 amide bonds. The van der Waals surface area contributed by atoms with Crippen LogP contribution in [0.4, 0.5) is 0 Å². The molecule has 1 aromatic carbocycles. The van der Waals surface area contributed by atoms with Crippen LogP contribution in [0.3, 0.4) is 0 Å². The van der Waals surface area contributed by atoms with Crippen molar-refractivity contribution in [2.24, 2.45) is 5.73 Å². The van der Waals surface area contributed by atoms with Gasteiger partial charge in [-0.05, 0) is 30.7 Å². The summed E-state index contributed by atoms with van der Waals surface area (Å²) in [5.41, 5.74) is 6.23. The van der Waals surface area contributed by atoms with Gasteiger partial charge in [0.05, 0.1) is 0 Å². The molecule has 0 fully saturated rings. The summed E-state index contributed by atoms with van der Waals surface area (Å²) >= 11 is 0. The molecule has 4 nitrogen and oxygen atoms in total. The average Bonchev–Trinajstić information content (AvgIpc) is 2.34. The van der Waals surface area contributed by atoms with Crippen LogP contribution in [0.25, 0.3) is 0 Å². The quantitative estimate of drug-likeness (QED) is 0.756. The highest BCUT2D eigenvalue weighted by atomic mass is 16.5. The Bertz CT molecular complexity index is 349. The van der Waals surface area contributed by atoms with Crippen molar-refractivity contribution >= 4 is 5.91 Å². The summed E-state index contributed by atoms with van der Waals surface area (Å²) in [7, 11) is 0. The monoisotopic (exact) mass is 236 g/mol. The van der Waals surface area contributed by atoms with Crippen molar-refractivity contribution < 1.29 is 9.53 Å². The van der Waals surface area contributed by atoms with E-state index >= 15 is 0 Å². The number of nitrogens with two attached hydrogens (primary N) is 1. The second kappa shape index (κ2) is 6.91. The van der Waals surface area contributed by atoms with Crippen LogP contribution >= 0.6 is 0 Å². The van der Waals surface area contributed by atoms with Crippen LogP contribution in [-0.4, -0.2) is 19.1 Å². The number of carbonyl (C=O) groups is 1. The molecule has 1 aromatic rings. The molecule has 0 aromatic heterocycles. The van der Waals surface area contributed by atoms with Crippen molar-refractivity contribution in [2.45, 2.75) is 26.3 Å². The second-order valence-electron chi connectivity index (χ2n) is 3.84. The Kier molecular flexibility index (Phi) is 5.49. The van der Waals surface area contributed by atoms with E-state index in [4.69, 9.17) is 10.5 Å².